The zero-order valence-corrected chi connectivity index (χ0v) is 25.1. The summed E-state index contributed by atoms with van der Waals surface area (Å²) in [7, 11) is 0. The lowest BCUT2D eigenvalue weighted by Gasteiger charge is -2.30. The van der Waals surface area contributed by atoms with Crippen LogP contribution in [-0.4, -0.2) is 52.4 Å². The van der Waals surface area contributed by atoms with Crippen LogP contribution in [0.15, 0.2) is 28.9 Å². The molecular formula is C33H46FN3O6. The van der Waals surface area contributed by atoms with Gasteiger partial charge in [0.1, 0.15) is 12.1 Å². The molecular weight excluding hydrogens is 553 g/mol. The van der Waals surface area contributed by atoms with E-state index in [-0.39, 0.29) is 35.6 Å². The number of carbonyl (C=O) groups excluding carboxylic acids is 2. The number of ether oxygens (including phenoxy) is 1. The minimum atomic E-state index is -1.22. The van der Waals surface area contributed by atoms with Crippen molar-refractivity contribution in [2.24, 2.45) is 29.4 Å². The molecule has 5 rings (SSSR count). The number of unbranched alkanes of at least 4 members (excludes halogenated alkanes) is 1. The number of nitrogens with zero attached hydrogens (tertiary/aromatic N) is 1. The lowest BCUT2D eigenvalue weighted by molar-refractivity contribution is -0.125. The topological polar surface area (TPSA) is 148 Å². The number of nitrogens with one attached hydrogen (secondary N) is 1. The molecule has 3 unspecified atom stereocenters. The van der Waals surface area contributed by atoms with Crippen LogP contribution in [0.25, 0.3) is 0 Å². The molecule has 5 N–H and O–H groups in total. The summed E-state index contributed by atoms with van der Waals surface area (Å²) in [5.74, 6) is -2.07. The number of rotatable bonds is 14. The van der Waals surface area contributed by atoms with E-state index in [1.807, 2.05) is 0 Å². The first-order valence-electron chi connectivity index (χ1n) is 16.0. The van der Waals surface area contributed by atoms with Crippen molar-refractivity contribution in [3.63, 3.8) is 0 Å². The van der Waals surface area contributed by atoms with E-state index in [9.17, 15) is 24.2 Å². The molecule has 2 aliphatic heterocycles. The van der Waals surface area contributed by atoms with E-state index in [1.165, 1.54) is 63.0 Å². The Morgan fingerprint density at radius 3 is 2.65 bits per heavy atom. The average molecular weight is 600 g/mol. The summed E-state index contributed by atoms with van der Waals surface area (Å²) < 4.78 is 26.6. The van der Waals surface area contributed by atoms with Gasteiger partial charge in [0, 0.05) is 30.9 Å². The normalized spacial score (nSPS) is 25.9. The minimum Gasteiger partial charge on any atom is -0.448 e. The van der Waals surface area contributed by atoms with Crippen LogP contribution in [0, 0.1) is 29.5 Å². The molecule has 1 aromatic carbocycles. The monoisotopic (exact) mass is 599 g/mol. The van der Waals surface area contributed by atoms with Gasteiger partial charge in [0.15, 0.2) is 5.69 Å². The van der Waals surface area contributed by atoms with Gasteiger partial charge in [-0.25, -0.2) is 9.37 Å². The Labute approximate surface area is 252 Å². The summed E-state index contributed by atoms with van der Waals surface area (Å²) in [6.45, 7) is 1.70. The maximum Gasteiger partial charge on any atom is 0.273 e. The highest BCUT2D eigenvalue weighted by Gasteiger charge is 2.52. The summed E-state index contributed by atoms with van der Waals surface area (Å²) in [4.78, 5) is 29.2. The molecule has 7 atom stereocenters. The van der Waals surface area contributed by atoms with Crippen molar-refractivity contribution in [2.45, 2.75) is 102 Å². The first kappa shape index (κ1) is 31.6. The highest BCUT2D eigenvalue weighted by atomic mass is 19.1. The highest BCUT2D eigenvalue weighted by Crippen LogP contribution is 2.50. The Morgan fingerprint density at radius 2 is 1.91 bits per heavy atom. The Balaban J connectivity index is 1.24. The van der Waals surface area contributed by atoms with Crippen molar-refractivity contribution < 1.29 is 33.3 Å². The number of amides is 2. The maximum absolute atomic E-state index is 14.5. The van der Waals surface area contributed by atoms with E-state index in [1.54, 1.807) is 6.92 Å². The molecule has 1 aromatic heterocycles. The quantitative estimate of drug-likeness (QED) is 0.233. The summed E-state index contributed by atoms with van der Waals surface area (Å²) in [5, 5.41) is 24.1. The van der Waals surface area contributed by atoms with Crippen molar-refractivity contribution in [3.05, 3.63) is 53.0 Å². The summed E-state index contributed by atoms with van der Waals surface area (Å²) in [6.07, 6.45) is 12.0. The number of aromatic nitrogens is 1. The van der Waals surface area contributed by atoms with Gasteiger partial charge in [0.25, 0.3) is 5.91 Å². The van der Waals surface area contributed by atoms with Crippen molar-refractivity contribution in [1.82, 2.24) is 10.3 Å². The zero-order valence-electron chi connectivity index (χ0n) is 25.1. The molecule has 2 saturated heterocycles. The number of hydrogen-bond acceptors (Lipinski definition) is 7. The summed E-state index contributed by atoms with van der Waals surface area (Å²) >= 11 is 0. The molecule has 1 aliphatic carbocycles. The van der Waals surface area contributed by atoms with E-state index in [0.29, 0.717) is 30.0 Å². The molecule has 3 fully saturated rings. The van der Waals surface area contributed by atoms with Gasteiger partial charge in [0.05, 0.1) is 24.2 Å². The highest BCUT2D eigenvalue weighted by molar-refractivity contribution is 5.91. The van der Waals surface area contributed by atoms with Gasteiger partial charge in [-0.15, -0.1) is 0 Å². The van der Waals surface area contributed by atoms with Crippen LogP contribution >= 0.6 is 0 Å². The zero-order chi connectivity index (χ0) is 30.5. The van der Waals surface area contributed by atoms with E-state index < -0.39 is 36.3 Å². The smallest absolute Gasteiger partial charge is 0.273 e. The third-order valence-electron chi connectivity index (χ3n) is 10.1. The van der Waals surface area contributed by atoms with Crippen LogP contribution < -0.4 is 11.1 Å². The Morgan fingerprint density at radius 1 is 1.14 bits per heavy atom. The van der Waals surface area contributed by atoms with Gasteiger partial charge in [-0.3, -0.25) is 9.59 Å². The molecule has 0 spiro atoms. The molecule has 9 nitrogen and oxygen atoms in total. The predicted octanol–water partition coefficient (Wildman–Crippen LogP) is 4.56. The molecule has 2 aromatic rings. The number of carbonyl (C=O) groups is 2. The number of fused-ring (bicyclic) bond motifs is 2. The van der Waals surface area contributed by atoms with E-state index in [2.05, 4.69) is 10.3 Å². The number of hydrogen-bond donors (Lipinski definition) is 4. The molecule has 2 bridgehead atoms. The van der Waals surface area contributed by atoms with Gasteiger partial charge in [0.2, 0.25) is 11.8 Å². The number of benzene rings is 1. The number of halogens is 1. The first-order chi connectivity index (χ1) is 20.8. The SMILES string of the molecule is CC(C(N)=O)C(CO)C(O)c1ccc(F)cc1C[C@@H]1[C@H](c2nc(C(=O)NCCCCC3CCCCC3)co2)[C@H]2CC[C@H]1O2. The molecule has 43 heavy (non-hydrogen) atoms. The number of aliphatic hydroxyl groups excluding tert-OH is 2. The predicted molar refractivity (Wildman–Crippen MR) is 157 cm³/mol. The lowest BCUT2D eigenvalue weighted by atomic mass is 9.74. The van der Waals surface area contributed by atoms with E-state index in [4.69, 9.17) is 14.9 Å². The average Bonchev–Trinajstić information content (AvgIpc) is 3.75. The molecule has 3 aliphatic rings. The maximum atomic E-state index is 14.5. The first-order valence-corrected chi connectivity index (χ1v) is 16.0. The minimum absolute atomic E-state index is 0.102. The third-order valence-corrected chi connectivity index (χ3v) is 10.1. The van der Waals surface area contributed by atoms with Crippen LogP contribution in [0.4, 0.5) is 4.39 Å². The van der Waals surface area contributed by atoms with Gasteiger partial charge >= 0.3 is 0 Å². The second-order valence-corrected chi connectivity index (χ2v) is 12.8. The molecule has 236 valence electrons. The summed E-state index contributed by atoms with van der Waals surface area (Å²) in [5.41, 5.74) is 6.69. The number of oxazole rings is 1. The third kappa shape index (κ3) is 7.29. The number of nitrogens with two attached hydrogens (primary N) is 1. The largest absolute Gasteiger partial charge is 0.448 e. The molecule has 1 saturated carbocycles. The van der Waals surface area contributed by atoms with Crippen LogP contribution in [0.5, 0.6) is 0 Å². The lowest BCUT2D eigenvalue weighted by Crippen LogP contribution is -2.34. The summed E-state index contributed by atoms with van der Waals surface area (Å²) in [6, 6.07) is 4.14. The van der Waals surface area contributed by atoms with Gasteiger partial charge in [-0.2, -0.15) is 0 Å². The van der Waals surface area contributed by atoms with E-state index >= 15 is 0 Å². The molecule has 2 amide bonds. The van der Waals surface area contributed by atoms with Crippen LogP contribution in [-0.2, 0) is 16.0 Å². The second kappa shape index (κ2) is 14.3. The van der Waals surface area contributed by atoms with E-state index in [0.717, 1.165) is 31.6 Å². The Kier molecular flexibility index (Phi) is 10.5. The Bertz CT molecular complexity index is 1250. The fourth-order valence-corrected chi connectivity index (χ4v) is 7.51. The number of aliphatic hydroxyl groups is 2. The van der Waals surface area contributed by atoms with Crippen LogP contribution in [0.2, 0.25) is 0 Å². The standard InChI is InChI=1S/C33H46FN3O6/c1-19(31(35)40)25(17-38)30(39)23-11-10-22(34)15-21(23)16-24-27-12-13-28(43-27)29(24)33-37-26(18-42-33)32(41)36-14-6-5-9-20-7-3-2-4-8-20/h10-11,15,18-20,24-25,27-30,38-39H,2-9,12-14,16-17H2,1H3,(H2,35,40)(H,36,41)/t19?,24-,25?,27+,28+,29-,30?/m0/s1. The van der Waals surface area contributed by atoms with Gasteiger partial charge < -0.3 is 30.4 Å². The molecule has 3 heterocycles. The molecule has 0 radical (unpaired) electrons. The fourth-order valence-electron chi connectivity index (χ4n) is 7.51. The van der Waals surface area contributed by atoms with Crippen LogP contribution in [0.3, 0.4) is 0 Å². The number of primary amides is 1. The van der Waals surface area contributed by atoms with Crippen molar-refractivity contribution in [3.8, 4) is 0 Å². The van der Waals surface area contributed by atoms with Gasteiger partial charge in [-0.1, -0.05) is 57.9 Å². The van der Waals surface area contributed by atoms with Gasteiger partial charge in [-0.05, 0) is 54.9 Å². The molecule has 10 heteroatoms. The van der Waals surface area contributed by atoms with Crippen molar-refractivity contribution in [2.75, 3.05) is 13.2 Å². The van der Waals surface area contributed by atoms with Crippen molar-refractivity contribution in [1.29, 1.82) is 0 Å². The van der Waals surface area contributed by atoms with Crippen LogP contribution in [0.1, 0.15) is 111 Å². The second-order valence-electron chi connectivity index (χ2n) is 12.8. The Hall–Kier alpha value is -2.82. The van der Waals surface area contributed by atoms with Crippen molar-refractivity contribution >= 4 is 11.8 Å². The fraction of sp³-hybridized carbons (Fsp3) is 0.667.